The number of ether oxygens (including phenoxy) is 6. The monoisotopic (exact) mass is 1200 g/mol. The van der Waals surface area contributed by atoms with Crippen LogP contribution in [0, 0.1) is 0 Å². The van der Waals surface area contributed by atoms with Crippen LogP contribution >= 0.6 is 0 Å². The summed E-state index contributed by atoms with van der Waals surface area (Å²) in [5.41, 5.74) is 0. The zero-order chi connectivity index (χ0) is 61.2. The molecule has 0 aromatic rings. The molecule has 0 spiro atoms. The number of carbonyl (C=O) groups is 1. The smallest absolute Gasteiger partial charge is 0.220 e. The maximum atomic E-state index is 13.4. The fraction of sp³-hybridized carbons (Fsp3) is 0.862. The third kappa shape index (κ3) is 30.3. The average Bonchev–Trinajstić information content (AvgIpc) is 3.68. The van der Waals surface area contributed by atoms with E-state index in [0.29, 0.717) is 12.8 Å². The number of rotatable bonds is 49. The van der Waals surface area contributed by atoms with E-state index in [4.69, 9.17) is 28.4 Å². The van der Waals surface area contributed by atoms with Gasteiger partial charge in [-0.3, -0.25) is 4.79 Å². The summed E-state index contributed by atoms with van der Waals surface area (Å²) in [6, 6.07) is -0.889. The Hall–Kier alpha value is -2.25. The number of hydrogen-bond acceptors (Lipinski definition) is 18. The molecule has 0 aromatic carbocycles. The van der Waals surface area contributed by atoms with Crippen LogP contribution in [0.2, 0.25) is 0 Å². The molecule has 3 aliphatic rings. The fourth-order valence-electron chi connectivity index (χ4n) is 11.1. The maximum Gasteiger partial charge on any atom is 0.220 e. The molecule has 19 nitrogen and oxygen atoms in total. The van der Waals surface area contributed by atoms with Gasteiger partial charge in [-0.1, -0.05) is 217 Å². The van der Waals surface area contributed by atoms with Crippen LogP contribution in [0.4, 0.5) is 0 Å². The number of aliphatic hydroxyl groups excluding tert-OH is 11. The molecule has 0 radical (unpaired) electrons. The van der Waals surface area contributed by atoms with E-state index in [-0.39, 0.29) is 18.9 Å². The van der Waals surface area contributed by atoms with Gasteiger partial charge in [-0.25, -0.2) is 0 Å². The molecule has 490 valence electrons. The number of aliphatic hydroxyl groups is 11. The molecule has 0 bridgehead atoms. The van der Waals surface area contributed by atoms with E-state index in [0.717, 1.165) is 77.0 Å². The third-order valence-electron chi connectivity index (χ3n) is 16.4. The minimum atomic E-state index is -1.97. The summed E-state index contributed by atoms with van der Waals surface area (Å²) < 4.78 is 34.4. The molecule has 1 amide bonds. The lowest BCUT2D eigenvalue weighted by molar-refractivity contribution is -0.379. The summed E-state index contributed by atoms with van der Waals surface area (Å²) in [6.07, 6.45) is 27.6. The normalized spacial score (nSPS) is 29.5. The molecule has 19 heteroatoms. The van der Waals surface area contributed by atoms with Crippen LogP contribution in [0.15, 0.2) is 48.6 Å². The highest BCUT2D eigenvalue weighted by atomic mass is 16.8. The number of hydrogen-bond donors (Lipinski definition) is 12. The van der Waals surface area contributed by atoms with Crippen molar-refractivity contribution in [2.45, 2.75) is 330 Å². The van der Waals surface area contributed by atoms with Crippen molar-refractivity contribution < 1.29 is 89.4 Å². The summed E-state index contributed by atoms with van der Waals surface area (Å²) in [5, 5.41) is 120. The standard InChI is InChI=1S/C65H117NO18/c1-3-5-7-9-11-13-15-17-19-20-21-22-23-24-25-26-27-28-29-31-33-35-37-39-41-43-53(71)66-48(49(70)42-40-38-36-34-32-30-18-16-14-12-10-8-6-4-2)47-79-63-59(77)56(74)61(51(45-68)81-63)84-65-60(78)57(75)62(52(46-69)82-65)83-64-58(76)55(73)54(72)50(44-67)80-64/h5,7,11,13,17,19,21-22,48-52,54-65,67-70,72-78H,3-4,6,8-10,12,14-16,18,20,23-47H2,1-2H3,(H,66,71)/b7-5-,13-11-,19-17-,22-21-. The summed E-state index contributed by atoms with van der Waals surface area (Å²) in [7, 11) is 0. The van der Waals surface area contributed by atoms with E-state index in [2.05, 4.69) is 67.8 Å². The van der Waals surface area contributed by atoms with E-state index < -0.39 is 124 Å². The molecule has 3 fully saturated rings. The summed E-state index contributed by atoms with van der Waals surface area (Å²) in [4.78, 5) is 13.4. The zero-order valence-electron chi connectivity index (χ0n) is 51.4. The van der Waals surface area contributed by atoms with E-state index in [1.165, 1.54) is 116 Å². The molecule has 3 rings (SSSR count). The quantitative estimate of drug-likeness (QED) is 0.0208. The Morgan fingerprint density at radius 1 is 0.440 bits per heavy atom. The van der Waals surface area contributed by atoms with Gasteiger partial charge in [0, 0.05) is 6.42 Å². The van der Waals surface area contributed by atoms with Crippen molar-refractivity contribution in [1.82, 2.24) is 5.32 Å². The van der Waals surface area contributed by atoms with Crippen LogP contribution in [0.5, 0.6) is 0 Å². The van der Waals surface area contributed by atoms with Crippen molar-refractivity contribution in [1.29, 1.82) is 0 Å². The van der Waals surface area contributed by atoms with Gasteiger partial charge >= 0.3 is 0 Å². The van der Waals surface area contributed by atoms with Gasteiger partial charge in [-0.15, -0.1) is 0 Å². The first-order valence-corrected chi connectivity index (χ1v) is 32.9. The first-order valence-electron chi connectivity index (χ1n) is 32.9. The highest BCUT2D eigenvalue weighted by Gasteiger charge is 2.53. The number of carbonyl (C=O) groups excluding carboxylic acids is 1. The fourth-order valence-corrected chi connectivity index (χ4v) is 11.1. The van der Waals surface area contributed by atoms with Crippen LogP contribution in [-0.2, 0) is 33.2 Å². The summed E-state index contributed by atoms with van der Waals surface area (Å²) in [6.45, 7) is 1.68. The van der Waals surface area contributed by atoms with E-state index in [1.54, 1.807) is 0 Å². The van der Waals surface area contributed by atoms with Crippen molar-refractivity contribution in [3.63, 3.8) is 0 Å². The Morgan fingerprint density at radius 3 is 1.29 bits per heavy atom. The molecule has 3 aliphatic heterocycles. The third-order valence-corrected chi connectivity index (χ3v) is 16.4. The van der Waals surface area contributed by atoms with Crippen LogP contribution in [0.25, 0.3) is 0 Å². The minimum Gasteiger partial charge on any atom is -0.394 e. The van der Waals surface area contributed by atoms with Crippen molar-refractivity contribution >= 4 is 5.91 Å². The number of unbranched alkanes of at least 4 members (excludes halogenated alkanes) is 25. The number of allylic oxidation sites excluding steroid dienone is 8. The SMILES string of the molecule is CC/C=C\C/C=C\C/C=C\C/C=C\CCCCCCCCCCCCCCC(=O)NC(COC1OC(CO)C(OC2OC(CO)C(OC3OC(CO)C(O)C(O)C3O)C(O)C2O)C(O)C1O)C(O)CCCCCCCCCCCCCCCC. The second-order valence-corrected chi connectivity index (χ2v) is 23.6. The Labute approximate surface area is 503 Å². The molecular weight excluding hydrogens is 1080 g/mol. The van der Waals surface area contributed by atoms with Crippen LogP contribution in [0.3, 0.4) is 0 Å². The molecule has 0 aromatic heterocycles. The van der Waals surface area contributed by atoms with Gasteiger partial charge in [0.15, 0.2) is 18.9 Å². The van der Waals surface area contributed by atoms with Crippen LogP contribution < -0.4 is 5.32 Å². The van der Waals surface area contributed by atoms with Gasteiger partial charge < -0.3 is 89.9 Å². The van der Waals surface area contributed by atoms with Gasteiger partial charge in [0.05, 0.1) is 38.6 Å². The van der Waals surface area contributed by atoms with Crippen molar-refractivity contribution in [2.75, 3.05) is 26.4 Å². The lowest BCUT2D eigenvalue weighted by Gasteiger charge is -2.48. The van der Waals surface area contributed by atoms with Crippen LogP contribution in [0.1, 0.15) is 226 Å². The first kappa shape index (κ1) is 76.0. The topological polar surface area (TPSA) is 307 Å². The Kier molecular flexibility index (Phi) is 43.2. The molecular formula is C65H117NO18. The van der Waals surface area contributed by atoms with E-state index in [1.807, 2.05) is 0 Å². The highest BCUT2D eigenvalue weighted by molar-refractivity contribution is 5.76. The molecule has 12 N–H and O–H groups in total. The van der Waals surface area contributed by atoms with Gasteiger partial charge in [0.1, 0.15) is 73.2 Å². The predicted octanol–water partition coefficient (Wildman–Crippen LogP) is 7.43. The second-order valence-electron chi connectivity index (χ2n) is 23.6. The van der Waals surface area contributed by atoms with Gasteiger partial charge in [0.25, 0.3) is 0 Å². The second kappa shape index (κ2) is 47.7. The lowest BCUT2D eigenvalue weighted by atomic mass is 9.96. The summed E-state index contributed by atoms with van der Waals surface area (Å²) >= 11 is 0. The maximum absolute atomic E-state index is 13.4. The van der Waals surface area contributed by atoms with Crippen molar-refractivity contribution in [2.24, 2.45) is 0 Å². The average molecular weight is 1200 g/mol. The van der Waals surface area contributed by atoms with E-state index in [9.17, 15) is 61.0 Å². The largest absolute Gasteiger partial charge is 0.394 e. The number of amides is 1. The zero-order valence-corrected chi connectivity index (χ0v) is 51.4. The van der Waals surface area contributed by atoms with Gasteiger partial charge in [0.2, 0.25) is 5.91 Å². The molecule has 84 heavy (non-hydrogen) atoms. The molecule has 3 saturated heterocycles. The molecule has 0 saturated carbocycles. The summed E-state index contributed by atoms with van der Waals surface area (Å²) in [5.74, 6) is -0.246. The predicted molar refractivity (Wildman–Crippen MR) is 323 cm³/mol. The first-order chi connectivity index (χ1) is 40.8. The Bertz CT molecular complexity index is 1720. The molecule has 17 unspecified atom stereocenters. The lowest BCUT2D eigenvalue weighted by Crippen LogP contribution is -2.66. The van der Waals surface area contributed by atoms with E-state index >= 15 is 0 Å². The molecule has 17 atom stereocenters. The minimum absolute atomic E-state index is 0.246. The van der Waals surface area contributed by atoms with Crippen LogP contribution in [-0.4, -0.2) is 193 Å². The highest BCUT2D eigenvalue weighted by Crippen LogP contribution is 2.33. The Balaban J connectivity index is 1.43. The van der Waals surface area contributed by atoms with Gasteiger partial charge in [-0.2, -0.15) is 0 Å². The Morgan fingerprint density at radius 2 is 0.821 bits per heavy atom. The van der Waals surface area contributed by atoms with Crippen molar-refractivity contribution in [3.8, 4) is 0 Å². The molecule has 0 aliphatic carbocycles. The molecule has 3 heterocycles. The van der Waals surface area contributed by atoms with Crippen molar-refractivity contribution in [3.05, 3.63) is 48.6 Å². The number of nitrogens with one attached hydrogen (secondary N) is 1. The van der Waals surface area contributed by atoms with Gasteiger partial charge in [-0.05, 0) is 51.4 Å².